The Bertz CT molecular complexity index is 1170. The number of benzene rings is 2. The molecule has 0 aliphatic carbocycles. The third kappa shape index (κ3) is 5.52. The Kier molecular flexibility index (Phi) is 7.92. The van der Waals surface area contributed by atoms with Gasteiger partial charge in [-0.2, -0.15) is 0 Å². The molecule has 3 amide bonds. The van der Waals surface area contributed by atoms with Crippen LogP contribution in [-0.4, -0.2) is 92.8 Å². The molecule has 3 aliphatic rings. The quantitative estimate of drug-likeness (QED) is 0.553. The Balaban J connectivity index is 1.30. The van der Waals surface area contributed by atoms with Crippen LogP contribution in [0, 0.1) is 0 Å². The van der Waals surface area contributed by atoms with E-state index in [4.69, 9.17) is 14.2 Å². The van der Waals surface area contributed by atoms with E-state index in [2.05, 4.69) is 10.2 Å². The lowest BCUT2D eigenvalue weighted by atomic mass is 9.85. The number of para-hydroxylation sites is 1. The molecule has 2 aromatic carbocycles. The molecule has 3 heterocycles. The Morgan fingerprint density at radius 1 is 1.05 bits per heavy atom. The van der Waals surface area contributed by atoms with Crippen molar-refractivity contribution in [3.8, 4) is 11.5 Å². The molecule has 2 aromatic rings. The maximum Gasteiger partial charge on any atom is 0.254 e. The first-order valence-electron chi connectivity index (χ1n) is 13.5. The third-order valence-corrected chi connectivity index (χ3v) is 7.94. The number of nitrogens with one attached hydrogen (secondary N) is 1. The number of methoxy groups -OCH3 is 2. The highest BCUT2D eigenvalue weighted by atomic mass is 16.5. The predicted molar refractivity (Wildman–Crippen MR) is 145 cm³/mol. The second kappa shape index (κ2) is 11.5. The zero-order valence-electron chi connectivity index (χ0n) is 22.6. The number of hydrogen-bond donors (Lipinski definition) is 1. The van der Waals surface area contributed by atoms with Gasteiger partial charge in [0.2, 0.25) is 5.91 Å². The smallest absolute Gasteiger partial charge is 0.254 e. The lowest BCUT2D eigenvalue weighted by molar-refractivity contribution is -0.137. The third-order valence-electron chi connectivity index (χ3n) is 7.94. The van der Waals surface area contributed by atoms with Gasteiger partial charge in [0.1, 0.15) is 23.6 Å². The minimum absolute atomic E-state index is 0.0110. The van der Waals surface area contributed by atoms with E-state index in [0.717, 1.165) is 25.1 Å². The molecule has 3 fully saturated rings. The van der Waals surface area contributed by atoms with Gasteiger partial charge in [-0.05, 0) is 49.9 Å². The van der Waals surface area contributed by atoms with Gasteiger partial charge in [0.15, 0.2) is 0 Å². The monoisotopic (exact) mass is 536 g/mol. The van der Waals surface area contributed by atoms with Gasteiger partial charge in [-0.1, -0.05) is 18.2 Å². The standard InChI is InChI=1S/C29H36N4O6/c1-37-24-15-21(16-25(17-24)38-2)27(35)31-12-10-29(11-13-31)28(36)32(20-33(29)22-7-4-3-5-8-22)19-26(34)30-18-23-9-6-14-39-23/h3-5,7-8,15-17,23H,6,9-14,18-20H2,1-2H3,(H,30,34). The van der Waals surface area contributed by atoms with E-state index in [9.17, 15) is 14.4 Å². The van der Waals surface area contributed by atoms with E-state index >= 15 is 0 Å². The summed E-state index contributed by atoms with van der Waals surface area (Å²) in [5.41, 5.74) is 0.578. The number of anilines is 1. The van der Waals surface area contributed by atoms with Crippen molar-refractivity contribution in [3.63, 3.8) is 0 Å². The molecule has 3 aliphatic heterocycles. The van der Waals surface area contributed by atoms with Gasteiger partial charge in [0.05, 0.1) is 27.0 Å². The van der Waals surface area contributed by atoms with Crippen LogP contribution in [0.5, 0.6) is 11.5 Å². The number of piperidine rings is 1. The van der Waals surface area contributed by atoms with Crippen molar-refractivity contribution in [1.29, 1.82) is 0 Å². The number of nitrogens with zero attached hydrogens (tertiary/aromatic N) is 3. The number of ether oxygens (including phenoxy) is 3. The topological polar surface area (TPSA) is 101 Å². The van der Waals surface area contributed by atoms with Crippen LogP contribution in [0.1, 0.15) is 36.0 Å². The van der Waals surface area contributed by atoms with E-state index < -0.39 is 5.54 Å². The Morgan fingerprint density at radius 2 is 1.74 bits per heavy atom. The summed E-state index contributed by atoms with van der Waals surface area (Å²) in [7, 11) is 3.10. The predicted octanol–water partition coefficient (Wildman–Crippen LogP) is 2.28. The van der Waals surface area contributed by atoms with Crippen LogP contribution < -0.4 is 19.7 Å². The maximum atomic E-state index is 13.9. The van der Waals surface area contributed by atoms with Gasteiger partial charge in [-0.15, -0.1) is 0 Å². The van der Waals surface area contributed by atoms with Crippen LogP contribution in [-0.2, 0) is 14.3 Å². The zero-order valence-corrected chi connectivity index (χ0v) is 22.6. The lowest BCUT2D eigenvalue weighted by Crippen LogP contribution is -2.57. The van der Waals surface area contributed by atoms with Gasteiger partial charge < -0.3 is 34.2 Å². The fourth-order valence-electron chi connectivity index (χ4n) is 5.78. The highest BCUT2D eigenvalue weighted by Crippen LogP contribution is 2.40. The van der Waals surface area contributed by atoms with Gasteiger partial charge in [-0.25, -0.2) is 0 Å². The summed E-state index contributed by atoms with van der Waals surface area (Å²) < 4.78 is 16.3. The molecule has 3 saturated heterocycles. The first-order chi connectivity index (χ1) is 18.9. The normalized spacial score (nSPS) is 20.4. The molecule has 1 spiro atoms. The van der Waals surface area contributed by atoms with Gasteiger partial charge in [-0.3, -0.25) is 14.4 Å². The van der Waals surface area contributed by atoms with Crippen LogP contribution in [0.4, 0.5) is 5.69 Å². The molecule has 10 heteroatoms. The summed E-state index contributed by atoms with van der Waals surface area (Å²) >= 11 is 0. The molecular weight excluding hydrogens is 500 g/mol. The Labute approximate surface area is 228 Å². The number of rotatable bonds is 8. The van der Waals surface area contributed by atoms with Crippen LogP contribution in [0.25, 0.3) is 0 Å². The maximum absolute atomic E-state index is 13.9. The lowest BCUT2D eigenvalue weighted by Gasteiger charge is -2.43. The molecule has 0 radical (unpaired) electrons. The van der Waals surface area contributed by atoms with E-state index in [1.54, 1.807) is 42.2 Å². The molecule has 1 unspecified atom stereocenters. The molecule has 39 heavy (non-hydrogen) atoms. The minimum Gasteiger partial charge on any atom is -0.497 e. The average Bonchev–Trinajstić information content (AvgIpc) is 3.59. The van der Waals surface area contributed by atoms with Crippen molar-refractivity contribution in [2.45, 2.75) is 37.3 Å². The number of amides is 3. The fraction of sp³-hybridized carbons (Fsp3) is 0.483. The van der Waals surface area contributed by atoms with E-state index in [1.807, 2.05) is 30.3 Å². The largest absolute Gasteiger partial charge is 0.497 e. The molecular formula is C29H36N4O6. The molecule has 0 bridgehead atoms. The van der Waals surface area contributed by atoms with Crippen LogP contribution >= 0.6 is 0 Å². The van der Waals surface area contributed by atoms with Crippen LogP contribution in [0.3, 0.4) is 0 Å². The molecule has 1 N–H and O–H groups in total. The summed E-state index contributed by atoms with van der Waals surface area (Å²) in [5.74, 6) is 0.683. The van der Waals surface area contributed by atoms with Gasteiger partial charge >= 0.3 is 0 Å². The van der Waals surface area contributed by atoms with E-state index in [0.29, 0.717) is 56.2 Å². The van der Waals surface area contributed by atoms with Gasteiger partial charge in [0, 0.05) is 43.6 Å². The van der Waals surface area contributed by atoms with Crippen molar-refractivity contribution in [2.24, 2.45) is 0 Å². The summed E-state index contributed by atoms with van der Waals surface area (Å²) in [5, 5.41) is 2.93. The van der Waals surface area contributed by atoms with Crippen molar-refractivity contribution in [2.75, 3.05) is 58.6 Å². The zero-order chi connectivity index (χ0) is 27.4. The highest BCUT2D eigenvalue weighted by molar-refractivity contribution is 5.98. The summed E-state index contributed by atoms with van der Waals surface area (Å²) in [6.45, 7) is 2.31. The summed E-state index contributed by atoms with van der Waals surface area (Å²) in [6.07, 6.45) is 2.90. The second-order valence-electron chi connectivity index (χ2n) is 10.3. The van der Waals surface area contributed by atoms with Crippen molar-refractivity contribution in [3.05, 3.63) is 54.1 Å². The van der Waals surface area contributed by atoms with Crippen LogP contribution in [0.2, 0.25) is 0 Å². The van der Waals surface area contributed by atoms with Gasteiger partial charge in [0.25, 0.3) is 11.8 Å². The average molecular weight is 537 g/mol. The SMILES string of the molecule is COc1cc(OC)cc(C(=O)N2CCC3(CC2)C(=O)N(CC(=O)NCC2CCCO2)CN3c2ccccc2)c1. The number of carbonyl (C=O) groups excluding carboxylic acids is 3. The van der Waals surface area contributed by atoms with Crippen LogP contribution in [0.15, 0.2) is 48.5 Å². The molecule has 5 rings (SSSR count). The summed E-state index contributed by atoms with van der Waals surface area (Å²) in [6, 6.07) is 14.9. The highest BCUT2D eigenvalue weighted by Gasteiger charge is 2.54. The van der Waals surface area contributed by atoms with Crippen molar-refractivity contribution < 1.29 is 28.6 Å². The number of carbonyl (C=O) groups is 3. The molecule has 0 aromatic heterocycles. The molecule has 1 atom stereocenters. The van der Waals surface area contributed by atoms with E-state index in [1.165, 1.54) is 0 Å². The first-order valence-corrected chi connectivity index (χ1v) is 13.5. The van der Waals surface area contributed by atoms with Crippen molar-refractivity contribution in [1.82, 2.24) is 15.1 Å². The number of likely N-dealkylation sites (tertiary alicyclic amines) is 1. The first kappa shape index (κ1) is 26.8. The minimum atomic E-state index is -0.820. The summed E-state index contributed by atoms with van der Waals surface area (Å²) in [4.78, 5) is 45.6. The van der Waals surface area contributed by atoms with E-state index in [-0.39, 0.29) is 30.4 Å². The second-order valence-corrected chi connectivity index (χ2v) is 10.3. The molecule has 208 valence electrons. The Morgan fingerprint density at radius 3 is 2.36 bits per heavy atom. The number of hydrogen-bond acceptors (Lipinski definition) is 7. The Hall–Kier alpha value is -3.79. The van der Waals surface area contributed by atoms with Crippen molar-refractivity contribution >= 4 is 23.4 Å². The molecule has 10 nitrogen and oxygen atoms in total. The fourth-order valence-corrected chi connectivity index (χ4v) is 5.78. The molecule has 0 saturated carbocycles.